The fraction of sp³-hybridized carbons (Fsp3) is 0.852. The average molecular weight is 670 g/mol. The molecule has 3 aliphatic heterocycles. The minimum Gasteiger partial charge on any atom is -0.477 e. The van der Waals surface area contributed by atoms with Gasteiger partial charge in [0.15, 0.2) is 12.6 Å². The third kappa shape index (κ3) is 8.12. The van der Waals surface area contributed by atoms with Crippen LogP contribution in [0.25, 0.3) is 0 Å². The predicted octanol–water partition coefficient (Wildman–Crippen LogP) is -6.29. The first kappa shape index (κ1) is 38.3. The summed E-state index contributed by atoms with van der Waals surface area (Å²) in [5, 5.41) is 106. The van der Waals surface area contributed by atoms with Gasteiger partial charge in [0.2, 0.25) is 5.91 Å². The lowest BCUT2D eigenvalue weighted by molar-refractivity contribution is -0.384. The molecular formula is C27H43NO18. The van der Waals surface area contributed by atoms with Crippen LogP contribution in [-0.2, 0) is 38.0 Å². The van der Waals surface area contributed by atoms with Gasteiger partial charge in [0.25, 0.3) is 5.79 Å². The van der Waals surface area contributed by atoms with Crippen LogP contribution < -0.4 is 5.32 Å². The topological polar surface area (TPSA) is 304 Å². The van der Waals surface area contributed by atoms with Crippen molar-refractivity contribution in [2.75, 3.05) is 26.4 Å². The molecule has 3 saturated heterocycles. The van der Waals surface area contributed by atoms with Crippen LogP contribution in [0.1, 0.15) is 20.3 Å². The number of ether oxygens (including phenoxy) is 6. The molecule has 0 aromatic carbocycles. The van der Waals surface area contributed by atoms with E-state index in [0.717, 1.165) is 6.92 Å². The van der Waals surface area contributed by atoms with Gasteiger partial charge in [0, 0.05) is 19.3 Å². The number of carboxylic acid groups (broad SMARTS) is 1. The Labute approximate surface area is 263 Å². The van der Waals surface area contributed by atoms with Gasteiger partial charge in [-0.25, -0.2) is 4.79 Å². The summed E-state index contributed by atoms with van der Waals surface area (Å²) in [7, 11) is 0. The van der Waals surface area contributed by atoms with E-state index in [1.54, 1.807) is 0 Å². The number of aliphatic carboxylic acids is 1. The van der Waals surface area contributed by atoms with E-state index in [-0.39, 0.29) is 6.61 Å². The molecule has 264 valence electrons. The molecule has 3 aliphatic rings. The fourth-order valence-electron chi connectivity index (χ4n) is 5.60. The van der Waals surface area contributed by atoms with Gasteiger partial charge < -0.3 is 84.8 Å². The summed E-state index contributed by atoms with van der Waals surface area (Å²) in [5.41, 5.74) is 0. The van der Waals surface area contributed by atoms with Crippen LogP contribution in [0.15, 0.2) is 0 Å². The number of amides is 1. The van der Waals surface area contributed by atoms with Crippen LogP contribution in [0, 0.1) is 18.3 Å². The summed E-state index contributed by atoms with van der Waals surface area (Å²) in [4.78, 5) is 24.4. The highest BCUT2D eigenvalue weighted by atomic mass is 16.8. The van der Waals surface area contributed by atoms with E-state index in [0.29, 0.717) is 0 Å². The first-order chi connectivity index (χ1) is 21.7. The van der Waals surface area contributed by atoms with E-state index in [9.17, 15) is 60.7 Å². The summed E-state index contributed by atoms with van der Waals surface area (Å²) in [5.74, 6) is -4.16. The smallest absolute Gasteiger partial charge is 0.364 e. The van der Waals surface area contributed by atoms with Crippen LogP contribution in [0.3, 0.4) is 0 Å². The molecular weight excluding hydrogens is 626 g/mol. The Bertz CT molecular complexity index is 1060. The number of hydrogen-bond donors (Lipinski definition) is 11. The molecule has 3 rings (SSSR count). The van der Waals surface area contributed by atoms with E-state index in [4.69, 9.17) is 34.8 Å². The average Bonchev–Trinajstić information content (AvgIpc) is 3.02. The maximum Gasteiger partial charge on any atom is 0.364 e. The Morgan fingerprint density at radius 1 is 1.00 bits per heavy atom. The highest BCUT2D eigenvalue weighted by Gasteiger charge is 2.59. The molecule has 1 amide bonds. The summed E-state index contributed by atoms with van der Waals surface area (Å²) >= 11 is 0. The molecule has 11 N–H and O–H groups in total. The van der Waals surface area contributed by atoms with Gasteiger partial charge in [-0.05, 0) is 0 Å². The summed E-state index contributed by atoms with van der Waals surface area (Å²) < 4.78 is 33.5. The largest absolute Gasteiger partial charge is 0.477 e. The van der Waals surface area contributed by atoms with Crippen molar-refractivity contribution in [3.63, 3.8) is 0 Å². The molecule has 5 unspecified atom stereocenters. The zero-order valence-electron chi connectivity index (χ0n) is 25.0. The predicted molar refractivity (Wildman–Crippen MR) is 146 cm³/mol. The van der Waals surface area contributed by atoms with E-state index < -0.39 is 136 Å². The lowest BCUT2D eigenvalue weighted by Gasteiger charge is -2.50. The second-order valence-electron chi connectivity index (χ2n) is 11.4. The third-order valence-corrected chi connectivity index (χ3v) is 8.17. The van der Waals surface area contributed by atoms with Crippen molar-refractivity contribution >= 4 is 11.9 Å². The highest BCUT2D eigenvalue weighted by Crippen LogP contribution is 2.40. The maximum absolute atomic E-state index is 12.6. The Hall–Kier alpha value is -2.10. The maximum atomic E-state index is 12.6. The molecule has 0 aromatic rings. The number of carboxylic acids is 1. The summed E-state index contributed by atoms with van der Waals surface area (Å²) in [6.07, 6.45) is -18.2. The van der Waals surface area contributed by atoms with Crippen molar-refractivity contribution in [2.24, 2.45) is 5.92 Å². The second kappa shape index (κ2) is 16.3. The van der Waals surface area contributed by atoms with E-state index in [1.807, 2.05) is 0 Å². The van der Waals surface area contributed by atoms with Crippen molar-refractivity contribution < 1.29 is 89.1 Å². The number of terminal acetylenes is 1. The zero-order valence-corrected chi connectivity index (χ0v) is 25.0. The summed E-state index contributed by atoms with van der Waals surface area (Å²) in [6, 6.07) is -1.32. The monoisotopic (exact) mass is 669 g/mol. The minimum atomic E-state index is -2.87. The van der Waals surface area contributed by atoms with Crippen molar-refractivity contribution in [3.05, 3.63) is 0 Å². The van der Waals surface area contributed by atoms with Crippen molar-refractivity contribution in [3.8, 4) is 12.3 Å². The number of nitrogens with one attached hydrogen (secondary N) is 1. The van der Waals surface area contributed by atoms with Gasteiger partial charge >= 0.3 is 5.97 Å². The van der Waals surface area contributed by atoms with Gasteiger partial charge in [0.05, 0.1) is 32.0 Å². The number of hydrogen-bond acceptors (Lipinski definition) is 17. The quantitative estimate of drug-likeness (QED) is 0.0813. The van der Waals surface area contributed by atoms with Crippen LogP contribution in [0.4, 0.5) is 0 Å². The van der Waals surface area contributed by atoms with Gasteiger partial charge in [0.1, 0.15) is 67.6 Å². The molecule has 3 fully saturated rings. The Balaban J connectivity index is 1.92. The minimum absolute atomic E-state index is 0.297. The van der Waals surface area contributed by atoms with Crippen molar-refractivity contribution in [1.82, 2.24) is 5.32 Å². The Morgan fingerprint density at radius 2 is 1.63 bits per heavy atom. The SMILES string of the molecule is C#CCO[C@@H]1OC(CO)[C@@H](O[C@@H]2O[C@@H](CO)[C@H](O)C(O[C@]3(C(=O)O)C[C@@H](O)[C@@H](C)C([C@H](O)[C@H](O)CO)O3)C2O)[C@H](O)C1NC(C)=O. The summed E-state index contributed by atoms with van der Waals surface area (Å²) in [6.45, 7) is -0.446. The molecule has 0 aliphatic carbocycles. The van der Waals surface area contributed by atoms with Gasteiger partial charge in [-0.1, -0.05) is 12.8 Å². The Kier molecular flexibility index (Phi) is 13.6. The van der Waals surface area contributed by atoms with Crippen LogP contribution in [0.2, 0.25) is 0 Å². The van der Waals surface area contributed by atoms with Gasteiger partial charge in [-0.3, -0.25) is 4.79 Å². The number of aliphatic hydroxyl groups excluding tert-OH is 9. The van der Waals surface area contributed by atoms with Crippen LogP contribution >= 0.6 is 0 Å². The molecule has 19 nitrogen and oxygen atoms in total. The van der Waals surface area contributed by atoms with Crippen LogP contribution in [0.5, 0.6) is 0 Å². The van der Waals surface area contributed by atoms with E-state index >= 15 is 0 Å². The molecule has 0 radical (unpaired) electrons. The van der Waals surface area contributed by atoms with Crippen molar-refractivity contribution in [1.29, 1.82) is 0 Å². The van der Waals surface area contributed by atoms with Gasteiger partial charge in [-0.15, -0.1) is 6.42 Å². The third-order valence-electron chi connectivity index (χ3n) is 8.17. The molecule has 16 atom stereocenters. The fourth-order valence-corrected chi connectivity index (χ4v) is 5.60. The lowest BCUT2D eigenvalue weighted by Crippen LogP contribution is -2.69. The molecule has 0 spiro atoms. The lowest BCUT2D eigenvalue weighted by atomic mass is 9.84. The first-order valence-electron chi connectivity index (χ1n) is 14.4. The van der Waals surface area contributed by atoms with Crippen molar-refractivity contribution in [2.45, 2.75) is 112 Å². The highest BCUT2D eigenvalue weighted by molar-refractivity contribution is 5.76. The molecule has 0 saturated carbocycles. The normalized spacial score (nSPS) is 42.9. The standard InChI is InChI=1S/C27H43NO18/c1-4-5-41-24-16(28-11(3)32)19(37)22(15(9-31)43-24)44-25-20(38)23(18(36)14(8-30)42-25)46-27(26(39)40)6-12(33)10(2)21(45-27)17(35)13(34)7-29/h1,10,12-25,29-31,33-38H,5-9H2,2-3H3,(H,28,32)(H,39,40)/t10-,12-,13-,14+,15?,16?,17-,18+,19-,20?,21?,22-,23?,24-,25+,27+/m1/s1. The zero-order chi connectivity index (χ0) is 34.5. The Morgan fingerprint density at radius 3 is 2.17 bits per heavy atom. The molecule has 19 heteroatoms. The van der Waals surface area contributed by atoms with Gasteiger partial charge in [-0.2, -0.15) is 0 Å². The van der Waals surface area contributed by atoms with E-state index in [2.05, 4.69) is 11.2 Å². The number of rotatable bonds is 13. The number of carbonyl (C=O) groups excluding carboxylic acids is 1. The second-order valence-corrected chi connectivity index (χ2v) is 11.4. The van der Waals surface area contributed by atoms with Crippen LogP contribution in [-0.4, -0.2) is 181 Å². The molecule has 46 heavy (non-hydrogen) atoms. The molecule has 0 aromatic heterocycles. The van der Waals surface area contributed by atoms with E-state index in [1.165, 1.54) is 6.92 Å². The number of aliphatic hydroxyl groups is 9. The first-order valence-corrected chi connectivity index (χ1v) is 14.4. The molecule has 0 bridgehead atoms. The molecule has 3 heterocycles. The number of carbonyl (C=O) groups is 2.